The first-order chi connectivity index (χ1) is 6.02. The third kappa shape index (κ3) is 2.20. The fourth-order valence-corrected chi connectivity index (χ4v) is 1.12. The van der Waals surface area contributed by atoms with Gasteiger partial charge in [-0.25, -0.2) is 0 Å². The molecule has 3 N–H and O–H groups in total. The normalized spacial score (nSPS) is 12.5. The van der Waals surface area contributed by atoms with Crippen LogP contribution < -0.4 is 5.73 Å². The molecule has 0 saturated heterocycles. The van der Waals surface area contributed by atoms with Crippen LogP contribution in [0.5, 0.6) is 5.75 Å². The maximum absolute atomic E-state index is 11.3. The molecule has 70 valence electrons. The van der Waals surface area contributed by atoms with Crippen LogP contribution in [-0.2, 0) is 0 Å². The fourth-order valence-electron chi connectivity index (χ4n) is 0.958. The summed E-state index contributed by atoms with van der Waals surface area (Å²) in [7, 11) is 0. The first kappa shape index (κ1) is 10.0. The van der Waals surface area contributed by atoms with Gasteiger partial charge in [0.25, 0.3) is 0 Å². The number of ketones is 1. The van der Waals surface area contributed by atoms with E-state index in [1.807, 2.05) is 0 Å². The zero-order valence-electron chi connectivity index (χ0n) is 7.12. The Bertz CT molecular complexity index is 336. The molecule has 0 aromatic heterocycles. The molecule has 3 nitrogen and oxygen atoms in total. The van der Waals surface area contributed by atoms with Gasteiger partial charge in [0.1, 0.15) is 5.75 Å². The maximum Gasteiger partial charge on any atom is 0.182 e. The SMILES string of the molecule is CC(N)C(=O)c1ccc(Cl)cc1O. The van der Waals surface area contributed by atoms with Crippen LogP contribution in [-0.4, -0.2) is 16.9 Å². The van der Waals surface area contributed by atoms with Crippen LogP contribution in [0, 0.1) is 0 Å². The number of hydrogen-bond donors (Lipinski definition) is 2. The summed E-state index contributed by atoms with van der Waals surface area (Å²) in [6, 6.07) is 3.70. The molecule has 0 radical (unpaired) electrons. The third-order valence-corrected chi connectivity index (χ3v) is 1.87. The van der Waals surface area contributed by atoms with Gasteiger partial charge in [-0.05, 0) is 25.1 Å². The van der Waals surface area contributed by atoms with Crippen molar-refractivity contribution in [1.29, 1.82) is 0 Å². The molecule has 0 aliphatic heterocycles. The standard InChI is InChI=1S/C9H10ClNO2/c1-5(11)9(13)7-3-2-6(10)4-8(7)12/h2-5,12H,11H2,1H3. The Balaban J connectivity index is 3.09. The van der Waals surface area contributed by atoms with Crippen LogP contribution in [0.2, 0.25) is 5.02 Å². The summed E-state index contributed by atoms with van der Waals surface area (Å²) in [5.74, 6) is -0.427. The number of phenols is 1. The van der Waals surface area contributed by atoms with Crippen LogP contribution in [0.25, 0.3) is 0 Å². The Morgan fingerprint density at radius 2 is 2.23 bits per heavy atom. The van der Waals surface area contributed by atoms with Gasteiger partial charge in [-0.1, -0.05) is 11.6 Å². The molecule has 0 spiro atoms. The molecule has 0 bridgehead atoms. The highest BCUT2D eigenvalue weighted by Crippen LogP contribution is 2.22. The molecule has 0 amide bonds. The van der Waals surface area contributed by atoms with Gasteiger partial charge in [0.2, 0.25) is 0 Å². The molecule has 0 aliphatic rings. The quantitative estimate of drug-likeness (QED) is 0.711. The Hall–Kier alpha value is -1.06. The Morgan fingerprint density at radius 1 is 1.62 bits per heavy atom. The fraction of sp³-hybridized carbons (Fsp3) is 0.222. The number of halogens is 1. The first-order valence-electron chi connectivity index (χ1n) is 3.80. The predicted molar refractivity (Wildman–Crippen MR) is 51.1 cm³/mol. The summed E-state index contributed by atoms with van der Waals surface area (Å²) in [6.07, 6.45) is 0. The number of aromatic hydroxyl groups is 1. The Kier molecular flexibility index (Phi) is 2.90. The number of carbonyl (C=O) groups excluding carboxylic acids is 1. The van der Waals surface area contributed by atoms with Gasteiger partial charge in [0, 0.05) is 5.02 Å². The molecule has 0 fully saturated rings. The van der Waals surface area contributed by atoms with Crippen LogP contribution >= 0.6 is 11.6 Å². The van der Waals surface area contributed by atoms with Gasteiger partial charge in [0.05, 0.1) is 11.6 Å². The lowest BCUT2D eigenvalue weighted by molar-refractivity contribution is 0.0965. The minimum atomic E-state index is -0.618. The summed E-state index contributed by atoms with van der Waals surface area (Å²) >= 11 is 5.60. The minimum Gasteiger partial charge on any atom is -0.507 e. The van der Waals surface area contributed by atoms with Gasteiger partial charge < -0.3 is 10.8 Å². The van der Waals surface area contributed by atoms with E-state index in [4.69, 9.17) is 17.3 Å². The Labute approximate surface area is 81.1 Å². The molecule has 1 rings (SSSR count). The van der Waals surface area contributed by atoms with Gasteiger partial charge in [0.15, 0.2) is 5.78 Å². The zero-order chi connectivity index (χ0) is 10.0. The van der Waals surface area contributed by atoms with Crippen molar-refractivity contribution in [2.45, 2.75) is 13.0 Å². The highest BCUT2D eigenvalue weighted by atomic mass is 35.5. The van der Waals surface area contributed by atoms with Crippen LogP contribution in [0.1, 0.15) is 17.3 Å². The van der Waals surface area contributed by atoms with Crippen LogP contribution in [0.15, 0.2) is 18.2 Å². The summed E-state index contributed by atoms with van der Waals surface area (Å²) in [5.41, 5.74) is 5.59. The van der Waals surface area contributed by atoms with Gasteiger partial charge >= 0.3 is 0 Å². The van der Waals surface area contributed by atoms with E-state index in [1.165, 1.54) is 18.2 Å². The second-order valence-corrected chi connectivity index (χ2v) is 3.25. The van der Waals surface area contributed by atoms with Crippen molar-refractivity contribution in [3.63, 3.8) is 0 Å². The van der Waals surface area contributed by atoms with Crippen molar-refractivity contribution in [3.8, 4) is 5.75 Å². The van der Waals surface area contributed by atoms with Gasteiger partial charge in [-0.2, -0.15) is 0 Å². The van der Waals surface area contributed by atoms with Crippen LogP contribution in [0.4, 0.5) is 0 Å². The van der Waals surface area contributed by atoms with Gasteiger partial charge in [-0.15, -0.1) is 0 Å². The maximum atomic E-state index is 11.3. The monoisotopic (exact) mass is 199 g/mol. The second kappa shape index (κ2) is 3.77. The largest absolute Gasteiger partial charge is 0.507 e. The van der Waals surface area contributed by atoms with Crippen molar-refractivity contribution in [3.05, 3.63) is 28.8 Å². The van der Waals surface area contributed by atoms with E-state index in [-0.39, 0.29) is 17.1 Å². The Morgan fingerprint density at radius 3 is 2.69 bits per heavy atom. The summed E-state index contributed by atoms with van der Waals surface area (Å²) in [4.78, 5) is 11.3. The molecule has 0 saturated carbocycles. The molecule has 4 heteroatoms. The highest BCUT2D eigenvalue weighted by Gasteiger charge is 2.14. The summed E-state index contributed by atoms with van der Waals surface area (Å²) in [6.45, 7) is 1.57. The van der Waals surface area contributed by atoms with E-state index in [9.17, 15) is 9.90 Å². The van der Waals surface area contributed by atoms with Gasteiger partial charge in [-0.3, -0.25) is 4.79 Å². The average molecular weight is 200 g/mol. The third-order valence-electron chi connectivity index (χ3n) is 1.64. The first-order valence-corrected chi connectivity index (χ1v) is 4.18. The van der Waals surface area contributed by atoms with E-state index < -0.39 is 6.04 Å². The lowest BCUT2D eigenvalue weighted by atomic mass is 10.1. The smallest absolute Gasteiger partial charge is 0.182 e. The number of Topliss-reactive ketones (excluding diaryl/α,β-unsaturated/α-hetero) is 1. The molecule has 1 aromatic rings. The topological polar surface area (TPSA) is 63.3 Å². The molecule has 0 aliphatic carbocycles. The van der Waals surface area contributed by atoms with E-state index in [0.29, 0.717) is 5.02 Å². The molecular formula is C9H10ClNO2. The van der Waals surface area contributed by atoms with E-state index in [2.05, 4.69) is 0 Å². The lowest BCUT2D eigenvalue weighted by Gasteiger charge is -2.06. The van der Waals surface area contributed by atoms with Crippen molar-refractivity contribution >= 4 is 17.4 Å². The lowest BCUT2D eigenvalue weighted by Crippen LogP contribution is -2.26. The van der Waals surface area contributed by atoms with Crippen molar-refractivity contribution in [2.24, 2.45) is 5.73 Å². The molecule has 1 atom stereocenters. The number of rotatable bonds is 2. The number of hydrogen-bond acceptors (Lipinski definition) is 3. The molecule has 1 unspecified atom stereocenters. The molecular weight excluding hydrogens is 190 g/mol. The summed E-state index contributed by atoms with van der Waals surface area (Å²) in [5, 5.41) is 9.74. The average Bonchev–Trinajstić information content (AvgIpc) is 2.03. The zero-order valence-corrected chi connectivity index (χ0v) is 7.88. The van der Waals surface area contributed by atoms with E-state index in [0.717, 1.165) is 0 Å². The van der Waals surface area contributed by atoms with Crippen molar-refractivity contribution in [1.82, 2.24) is 0 Å². The van der Waals surface area contributed by atoms with E-state index >= 15 is 0 Å². The number of phenolic OH excluding ortho intramolecular Hbond substituents is 1. The second-order valence-electron chi connectivity index (χ2n) is 2.81. The van der Waals surface area contributed by atoms with Crippen molar-refractivity contribution in [2.75, 3.05) is 0 Å². The molecule has 13 heavy (non-hydrogen) atoms. The van der Waals surface area contributed by atoms with Crippen LogP contribution in [0.3, 0.4) is 0 Å². The minimum absolute atomic E-state index is 0.130. The summed E-state index contributed by atoms with van der Waals surface area (Å²) < 4.78 is 0. The molecule has 1 aromatic carbocycles. The predicted octanol–water partition coefficient (Wildman–Crippen LogP) is 1.58. The highest BCUT2D eigenvalue weighted by molar-refractivity contribution is 6.30. The number of nitrogens with two attached hydrogens (primary N) is 1. The van der Waals surface area contributed by atoms with Crippen molar-refractivity contribution < 1.29 is 9.90 Å². The van der Waals surface area contributed by atoms with E-state index in [1.54, 1.807) is 6.92 Å². The number of benzene rings is 1. The number of carbonyl (C=O) groups is 1. The molecule has 0 heterocycles.